The van der Waals surface area contributed by atoms with Crippen LogP contribution in [0.3, 0.4) is 0 Å². The third kappa shape index (κ3) is 2.19. The highest BCUT2D eigenvalue weighted by atomic mass is 32.2. The van der Waals surface area contributed by atoms with Crippen LogP contribution in [0.5, 0.6) is 5.75 Å². The van der Waals surface area contributed by atoms with Gasteiger partial charge in [0.25, 0.3) is 0 Å². The third-order valence-electron chi connectivity index (χ3n) is 3.34. The molecule has 1 aliphatic rings. The van der Waals surface area contributed by atoms with Gasteiger partial charge in [0.15, 0.2) is 0 Å². The molecule has 1 aliphatic heterocycles. The number of methoxy groups -OCH3 is 1. The molecule has 1 aromatic carbocycles. The van der Waals surface area contributed by atoms with Crippen molar-refractivity contribution < 1.29 is 17.7 Å². The molecule has 6 nitrogen and oxygen atoms in total. The number of fused-ring (bicyclic) bond motifs is 1. The number of benzene rings is 1. The van der Waals surface area contributed by atoms with Gasteiger partial charge in [0.1, 0.15) is 11.5 Å². The summed E-state index contributed by atoms with van der Waals surface area (Å²) < 4.78 is 36.8. The zero-order valence-corrected chi connectivity index (χ0v) is 11.8. The predicted molar refractivity (Wildman–Crippen MR) is 70.8 cm³/mol. The molecule has 2 heterocycles. The van der Waals surface area contributed by atoms with E-state index >= 15 is 0 Å². The summed E-state index contributed by atoms with van der Waals surface area (Å²) in [5, 5.41) is 3.70. The molecule has 0 saturated heterocycles. The van der Waals surface area contributed by atoms with Crippen LogP contribution < -0.4 is 4.74 Å². The fourth-order valence-electron chi connectivity index (χ4n) is 2.23. The van der Waals surface area contributed by atoms with Crippen molar-refractivity contribution in [1.82, 2.24) is 9.46 Å². The van der Waals surface area contributed by atoms with Gasteiger partial charge in [0.05, 0.1) is 18.2 Å². The van der Waals surface area contributed by atoms with Crippen molar-refractivity contribution in [2.24, 2.45) is 0 Å². The molecule has 0 spiro atoms. The lowest BCUT2D eigenvalue weighted by atomic mass is 10.1. The van der Waals surface area contributed by atoms with Gasteiger partial charge < -0.3 is 9.26 Å². The molecule has 0 radical (unpaired) electrons. The molecule has 0 aliphatic carbocycles. The Kier molecular flexibility index (Phi) is 3.23. The minimum absolute atomic E-state index is 0.233. The Labute approximate surface area is 117 Å². The van der Waals surface area contributed by atoms with Crippen LogP contribution in [0.1, 0.15) is 11.3 Å². The second-order valence-electron chi connectivity index (χ2n) is 4.54. The van der Waals surface area contributed by atoms with Crippen molar-refractivity contribution in [1.29, 1.82) is 0 Å². The van der Waals surface area contributed by atoms with E-state index in [9.17, 15) is 8.42 Å². The van der Waals surface area contributed by atoms with Crippen LogP contribution in [0.25, 0.3) is 0 Å². The number of aromatic nitrogens is 1. The molecule has 0 amide bonds. The Balaban J connectivity index is 1.93. The number of sulfonamides is 1. The van der Waals surface area contributed by atoms with E-state index in [1.54, 1.807) is 24.4 Å². The van der Waals surface area contributed by atoms with E-state index in [2.05, 4.69) is 5.16 Å². The summed E-state index contributed by atoms with van der Waals surface area (Å²) >= 11 is 0. The van der Waals surface area contributed by atoms with Crippen LogP contribution in [-0.2, 0) is 23.0 Å². The van der Waals surface area contributed by atoms with Crippen LogP contribution >= 0.6 is 0 Å². The molecule has 106 valence electrons. The van der Waals surface area contributed by atoms with Crippen LogP contribution in [0.15, 0.2) is 39.9 Å². The fraction of sp³-hybridized carbons (Fsp3) is 0.308. The smallest absolute Gasteiger partial charge is 0.243 e. The zero-order valence-electron chi connectivity index (χ0n) is 10.9. The predicted octanol–water partition coefficient (Wildman–Crippen LogP) is 1.43. The molecule has 0 atom stereocenters. The number of nitrogens with zero attached hydrogens (tertiary/aromatic N) is 2. The monoisotopic (exact) mass is 294 g/mol. The van der Waals surface area contributed by atoms with Gasteiger partial charge in [-0.05, 0) is 12.1 Å². The van der Waals surface area contributed by atoms with Gasteiger partial charge in [-0.3, -0.25) is 0 Å². The van der Waals surface area contributed by atoms with Crippen molar-refractivity contribution >= 4 is 10.0 Å². The van der Waals surface area contributed by atoms with E-state index in [-0.39, 0.29) is 4.90 Å². The van der Waals surface area contributed by atoms with Crippen LogP contribution in [0.4, 0.5) is 0 Å². The molecule has 0 bridgehead atoms. The maximum atomic E-state index is 12.6. The van der Waals surface area contributed by atoms with Crippen LogP contribution in [0.2, 0.25) is 0 Å². The molecule has 1 aromatic heterocycles. The molecule has 0 saturated carbocycles. The molecule has 0 unspecified atom stereocenters. The second-order valence-corrected chi connectivity index (χ2v) is 6.48. The average molecular weight is 294 g/mol. The number of hydrogen-bond acceptors (Lipinski definition) is 5. The van der Waals surface area contributed by atoms with E-state index in [1.807, 2.05) is 0 Å². The molecule has 0 N–H and O–H groups in total. The van der Waals surface area contributed by atoms with Gasteiger partial charge in [0.2, 0.25) is 10.0 Å². The highest BCUT2D eigenvalue weighted by Gasteiger charge is 2.30. The average Bonchev–Trinajstić information content (AvgIpc) is 2.94. The molecule has 0 fully saturated rings. The fourth-order valence-corrected chi connectivity index (χ4v) is 3.69. The van der Waals surface area contributed by atoms with Gasteiger partial charge in [-0.2, -0.15) is 4.31 Å². The summed E-state index contributed by atoms with van der Waals surface area (Å²) in [6.45, 7) is 0.681. The summed E-state index contributed by atoms with van der Waals surface area (Å²) in [5.41, 5.74) is 0.822. The summed E-state index contributed by atoms with van der Waals surface area (Å²) in [6.07, 6.45) is 2.11. The molecular weight excluding hydrogens is 280 g/mol. The Bertz CT molecular complexity index is 723. The lowest BCUT2D eigenvalue weighted by Crippen LogP contribution is -2.35. The first-order chi connectivity index (χ1) is 9.61. The van der Waals surface area contributed by atoms with Crippen molar-refractivity contribution in [3.05, 3.63) is 41.8 Å². The maximum absolute atomic E-state index is 12.6. The number of hydrogen-bond donors (Lipinski definition) is 0. The first-order valence-corrected chi connectivity index (χ1v) is 7.62. The summed E-state index contributed by atoms with van der Waals surface area (Å²) in [5.74, 6) is 1.29. The van der Waals surface area contributed by atoms with Gasteiger partial charge in [0, 0.05) is 31.1 Å². The van der Waals surface area contributed by atoms with E-state index in [1.165, 1.54) is 17.5 Å². The lowest BCUT2D eigenvalue weighted by molar-refractivity contribution is 0.331. The molecule has 2 aromatic rings. The normalized spacial score (nSPS) is 15.8. The molecule has 7 heteroatoms. The summed E-state index contributed by atoms with van der Waals surface area (Å²) in [6, 6.07) is 6.48. The first-order valence-electron chi connectivity index (χ1n) is 6.18. The quantitative estimate of drug-likeness (QED) is 0.856. The van der Waals surface area contributed by atoms with Crippen molar-refractivity contribution in [3.63, 3.8) is 0 Å². The zero-order chi connectivity index (χ0) is 14.2. The van der Waals surface area contributed by atoms with E-state index in [4.69, 9.17) is 9.26 Å². The van der Waals surface area contributed by atoms with Gasteiger partial charge in [-0.1, -0.05) is 11.2 Å². The largest absolute Gasteiger partial charge is 0.497 e. The Morgan fingerprint density at radius 1 is 1.40 bits per heavy atom. The summed E-state index contributed by atoms with van der Waals surface area (Å²) in [4.78, 5) is 0.233. The Morgan fingerprint density at radius 2 is 2.25 bits per heavy atom. The van der Waals surface area contributed by atoms with E-state index < -0.39 is 10.0 Å². The number of rotatable bonds is 3. The van der Waals surface area contributed by atoms with Crippen molar-refractivity contribution in [3.8, 4) is 5.75 Å². The lowest BCUT2D eigenvalue weighted by Gasteiger charge is -2.25. The topological polar surface area (TPSA) is 72.6 Å². The highest BCUT2D eigenvalue weighted by molar-refractivity contribution is 7.89. The minimum Gasteiger partial charge on any atom is -0.497 e. The van der Waals surface area contributed by atoms with Crippen LogP contribution in [0, 0.1) is 0 Å². The van der Waals surface area contributed by atoms with Crippen molar-refractivity contribution in [2.45, 2.75) is 17.9 Å². The highest BCUT2D eigenvalue weighted by Crippen LogP contribution is 2.26. The van der Waals surface area contributed by atoms with Gasteiger partial charge in [-0.15, -0.1) is 0 Å². The Hall–Kier alpha value is -1.86. The standard InChI is InChI=1S/C13H14N2O4S/c1-18-11-3-2-4-12(7-11)20(16,17)15-6-5-13-10(9-15)8-14-19-13/h2-4,7-8H,5-6,9H2,1H3. The van der Waals surface area contributed by atoms with Crippen LogP contribution in [-0.4, -0.2) is 31.5 Å². The Morgan fingerprint density at radius 3 is 3.05 bits per heavy atom. The summed E-state index contributed by atoms with van der Waals surface area (Å²) in [7, 11) is -2.02. The third-order valence-corrected chi connectivity index (χ3v) is 5.18. The molecule has 3 rings (SSSR count). The molecular formula is C13H14N2O4S. The van der Waals surface area contributed by atoms with Gasteiger partial charge in [-0.25, -0.2) is 8.42 Å². The van der Waals surface area contributed by atoms with Crippen molar-refractivity contribution in [2.75, 3.05) is 13.7 Å². The molecule has 20 heavy (non-hydrogen) atoms. The minimum atomic E-state index is -3.53. The van der Waals surface area contributed by atoms with E-state index in [0.717, 1.165) is 11.3 Å². The van der Waals surface area contributed by atoms with Gasteiger partial charge >= 0.3 is 0 Å². The van der Waals surface area contributed by atoms with E-state index in [0.29, 0.717) is 25.3 Å². The first kappa shape index (κ1) is 13.1. The SMILES string of the molecule is COc1cccc(S(=O)(=O)N2CCc3oncc3C2)c1. The maximum Gasteiger partial charge on any atom is 0.243 e. The number of ether oxygens (including phenoxy) is 1. The second kappa shape index (κ2) is 4.92.